The van der Waals surface area contributed by atoms with Gasteiger partial charge < -0.3 is 15.2 Å². The van der Waals surface area contributed by atoms with Crippen molar-refractivity contribution in [2.75, 3.05) is 5.32 Å². The van der Waals surface area contributed by atoms with Crippen LogP contribution in [0.5, 0.6) is 0 Å². The van der Waals surface area contributed by atoms with Crippen LogP contribution in [0.2, 0.25) is 5.02 Å². The number of hydrogen-bond acceptors (Lipinski definition) is 1. The highest BCUT2D eigenvalue weighted by molar-refractivity contribution is 6.31. The molecule has 3 rings (SSSR count). The first-order valence-electron chi connectivity index (χ1n) is 8.11. The van der Waals surface area contributed by atoms with Gasteiger partial charge in [0.15, 0.2) is 0 Å². The summed E-state index contributed by atoms with van der Waals surface area (Å²) >= 11 is 6.08. The number of urea groups is 1. The number of aryl methyl sites for hydroxylation is 1. The molecule has 4 nitrogen and oxygen atoms in total. The molecule has 0 radical (unpaired) electrons. The number of rotatable bonds is 5. The van der Waals surface area contributed by atoms with E-state index in [1.54, 1.807) is 6.07 Å². The Kier molecular flexibility index (Phi) is 5.41. The second-order valence-electron chi connectivity index (χ2n) is 5.88. The molecular formula is C20H20ClN3O. The highest BCUT2D eigenvalue weighted by Crippen LogP contribution is 2.19. The molecule has 0 aliphatic heterocycles. The summed E-state index contributed by atoms with van der Waals surface area (Å²) in [5, 5.41) is 6.31. The Morgan fingerprint density at radius 3 is 2.64 bits per heavy atom. The molecular weight excluding hydrogens is 334 g/mol. The van der Waals surface area contributed by atoms with Crippen molar-refractivity contribution in [3.63, 3.8) is 0 Å². The number of aromatic nitrogens is 1. The third-order valence-corrected chi connectivity index (χ3v) is 4.39. The van der Waals surface area contributed by atoms with E-state index in [0.717, 1.165) is 17.8 Å². The number of hydrogen-bond donors (Lipinski definition) is 2. The van der Waals surface area contributed by atoms with Crippen LogP contribution in [-0.2, 0) is 13.1 Å². The Morgan fingerprint density at radius 1 is 1.08 bits per heavy atom. The Bertz CT molecular complexity index is 858. The molecule has 0 saturated heterocycles. The van der Waals surface area contributed by atoms with E-state index in [-0.39, 0.29) is 6.03 Å². The summed E-state index contributed by atoms with van der Waals surface area (Å²) in [6.07, 6.45) is 2.02. The molecule has 0 aliphatic rings. The Morgan fingerprint density at radius 2 is 1.88 bits per heavy atom. The molecule has 0 fully saturated rings. The lowest BCUT2D eigenvalue weighted by Crippen LogP contribution is -2.29. The second kappa shape index (κ2) is 7.90. The van der Waals surface area contributed by atoms with E-state index in [1.165, 1.54) is 5.56 Å². The van der Waals surface area contributed by atoms with Crippen molar-refractivity contribution in [2.24, 2.45) is 0 Å². The average Bonchev–Trinajstić information content (AvgIpc) is 3.04. The number of nitrogens with zero attached hydrogens (tertiary/aromatic N) is 1. The number of carbonyl (C=O) groups excluding carboxylic acids is 1. The molecule has 25 heavy (non-hydrogen) atoms. The minimum absolute atomic E-state index is 0.257. The lowest BCUT2D eigenvalue weighted by Gasteiger charge is -2.12. The standard InChI is InChI=1S/C20H20ClN3O/c1-15-9-10-17(12-19(15)21)23-20(25)22-13-18-8-5-11-24(18)14-16-6-3-2-4-7-16/h2-12H,13-14H2,1H3,(H2,22,23,25). The van der Waals surface area contributed by atoms with E-state index in [0.29, 0.717) is 17.3 Å². The van der Waals surface area contributed by atoms with Crippen LogP contribution in [0.15, 0.2) is 66.9 Å². The molecule has 0 bridgehead atoms. The van der Waals surface area contributed by atoms with E-state index in [2.05, 4.69) is 27.3 Å². The molecule has 5 heteroatoms. The maximum atomic E-state index is 12.1. The summed E-state index contributed by atoms with van der Waals surface area (Å²) in [6, 6.07) is 19.4. The van der Waals surface area contributed by atoms with Gasteiger partial charge in [-0.15, -0.1) is 0 Å². The van der Waals surface area contributed by atoms with Gasteiger partial charge in [-0.3, -0.25) is 0 Å². The van der Waals surface area contributed by atoms with E-state index >= 15 is 0 Å². The molecule has 128 valence electrons. The molecule has 2 amide bonds. The number of halogens is 1. The van der Waals surface area contributed by atoms with Crippen molar-refractivity contribution in [3.8, 4) is 0 Å². The smallest absolute Gasteiger partial charge is 0.319 e. The Balaban J connectivity index is 1.57. The predicted molar refractivity (Wildman–Crippen MR) is 102 cm³/mol. The van der Waals surface area contributed by atoms with Crippen LogP contribution in [0.3, 0.4) is 0 Å². The van der Waals surface area contributed by atoms with Crippen molar-refractivity contribution in [1.82, 2.24) is 9.88 Å². The van der Waals surface area contributed by atoms with Crippen molar-refractivity contribution in [3.05, 3.63) is 88.7 Å². The summed E-state index contributed by atoms with van der Waals surface area (Å²) in [6.45, 7) is 3.15. The first kappa shape index (κ1) is 17.1. The number of amides is 2. The minimum Gasteiger partial charge on any atom is -0.345 e. The normalized spacial score (nSPS) is 10.5. The third kappa shape index (κ3) is 4.64. The topological polar surface area (TPSA) is 46.1 Å². The van der Waals surface area contributed by atoms with Gasteiger partial charge in [0.1, 0.15) is 0 Å². The summed E-state index contributed by atoms with van der Waals surface area (Å²) in [5.41, 5.74) is 3.92. The van der Waals surface area contributed by atoms with Crippen LogP contribution < -0.4 is 10.6 Å². The molecule has 3 aromatic rings. The van der Waals surface area contributed by atoms with Gasteiger partial charge in [-0.05, 0) is 42.3 Å². The van der Waals surface area contributed by atoms with E-state index in [9.17, 15) is 4.79 Å². The van der Waals surface area contributed by atoms with Gasteiger partial charge in [-0.1, -0.05) is 48.0 Å². The molecule has 0 saturated carbocycles. The fourth-order valence-electron chi connectivity index (χ4n) is 2.56. The molecule has 0 spiro atoms. The van der Waals surface area contributed by atoms with Gasteiger partial charge in [0.25, 0.3) is 0 Å². The number of nitrogens with one attached hydrogen (secondary N) is 2. The van der Waals surface area contributed by atoms with Gasteiger partial charge in [0.2, 0.25) is 0 Å². The first-order valence-corrected chi connectivity index (χ1v) is 8.48. The van der Waals surface area contributed by atoms with Crippen LogP contribution in [0.1, 0.15) is 16.8 Å². The third-order valence-electron chi connectivity index (χ3n) is 3.98. The van der Waals surface area contributed by atoms with Gasteiger partial charge in [0, 0.05) is 29.1 Å². The maximum absolute atomic E-state index is 12.1. The quantitative estimate of drug-likeness (QED) is 0.678. The molecule has 1 heterocycles. The first-order chi connectivity index (χ1) is 12.1. The summed E-state index contributed by atoms with van der Waals surface area (Å²) < 4.78 is 2.12. The predicted octanol–water partition coefficient (Wildman–Crippen LogP) is 4.82. The molecule has 0 atom stereocenters. The van der Waals surface area contributed by atoms with Crippen molar-refractivity contribution >= 4 is 23.3 Å². The summed E-state index contributed by atoms with van der Waals surface area (Å²) in [4.78, 5) is 12.1. The molecule has 0 unspecified atom stereocenters. The number of carbonyl (C=O) groups is 1. The highest BCUT2D eigenvalue weighted by Gasteiger charge is 2.06. The average molecular weight is 354 g/mol. The molecule has 2 aromatic carbocycles. The Hall–Kier alpha value is -2.72. The van der Waals surface area contributed by atoms with Crippen molar-refractivity contribution < 1.29 is 4.79 Å². The molecule has 2 N–H and O–H groups in total. The SMILES string of the molecule is Cc1ccc(NC(=O)NCc2cccn2Cc2ccccc2)cc1Cl. The zero-order valence-electron chi connectivity index (χ0n) is 14.0. The highest BCUT2D eigenvalue weighted by atomic mass is 35.5. The fourth-order valence-corrected chi connectivity index (χ4v) is 2.74. The van der Waals surface area contributed by atoms with E-state index in [1.807, 2.05) is 55.6 Å². The van der Waals surface area contributed by atoms with Crippen molar-refractivity contribution in [2.45, 2.75) is 20.0 Å². The summed E-state index contributed by atoms with van der Waals surface area (Å²) in [7, 11) is 0. The second-order valence-corrected chi connectivity index (χ2v) is 6.29. The Labute approximate surface area is 152 Å². The molecule has 1 aromatic heterocycles. The van der Waals surface area contributed by atoms with Crippen LogP contribution >= 0.6 is 11.6 Å². The van der Waals surface area contributed by atoms with E-state index in [4.69, 9.17) is 11.6 Å². The van der Waals surface area contributed by atoms with Crippen LogP contribution in [0, 0.1) is 6.92 Å². The van der Waals surface area contributed by atoms with Gasteiger partial charge in [-0.2, -0.15) is 0 Å². The largest absolute Gasteiger partial charge is 0.345 e. The fraction of sp³-hybridized carbons (Fsp3) is 0.150. The van der Waals surface area contributed by atoms with Crippen LogP contribution in [0.4, 0.5) is 10.5 Å². The number of benzene rings is 2. The zero-order chi connectivity index (χ0) is 17.6. The molecule has 0 aliphatic carbocycles. The van der Waals surface area contributed by atoms with Crippen LogP contribution in [-0.4, -0.2) is 10.6 Å². The van der Waals surface area contributed by atoms with Crippen LogP contribution in [0.25, 0.3) is 0 Å². The lowest BCUT2D eigenvalue weighted by atomic mass is 10.2. The van der Waals surface area contributed by atoms with E-state index < -0.39 is 0 Å². The van der Waals surface area contributed by atoms with Gasteiger partial charge in [-0.25, -0.2) is 4.79 Å². The maximum Gasteiger partial charge on any atom is 0.319 e. The van der Waals surface area contributed by atoms with Gasteiger partial charge >= 0.3 is 6.03 Å². The summed E-state index contributed by atoms with van der Waals surface area (Å²) in [5.74, 6) is 0. The zero-order valence-corrected chi connectivity index (χ0v) is 14.8. The van der Waals surface area contributed by atoms with Gasteiger partial charge in [0.05, 0.1) is 6.54 Å². The minimum atomic E-state index is -0.257. The number of anilines is 1. The van der Waals surface area contributed by atoms with Crippen molar-refractivity contribution in [1.29, 1.82) is 0 Å². The lowest BCUT2D eigenvalue weighted by molar-refractivity contribution is 0.251. The monoisotopic (exact) mass is 353 g/mol.